The number of amides is 1. The van der Waals surface area contributed by atoms with Gasteiger partial charge in [0.15, 0.2) is 0 Å². The van der Waals surface area contributed by atoms with Gasteiger partial charge in [0.25, 0.3) is 11.6 Å². The standard InChI is InChI=1S/C21H18N4O3/c26-21(24-22-13-14-7-1-6-12-19(14)25(27)28)20-15-8-2-4-10-17(15)23-18-11-5-3-9-16(18)20/h1-2,4,6-8,10,12-13H,3,5,9,11H2,(H,24,26). The van der Waals surface area contributed by atoms with Gasteiger partial charge < -0.3 is 0 Å². The first-order chi connectivity index (χ1) is 13.6. The first-order valence-corrected chi connectivity index (χ1v) is 9.12. The van der Waals surface area contributed by atoms with Crippen molar-refractivity contribution in [3.8, 4) is 0 Å². The molecule has 7 heteroatoms. The van der Waals surface area contributed by atoms with Crippen LogP contribution in [0.5, 0.6) is 0 Å². The maximum absolute atomic E-state index is 13.0. The van der Waals surface area contributed by atoms with Crippen LogP contribution in [0.1, 0.15) is 40.0 Å². The van der Waals surface area contributed by atoms with Crippen molar-refractivity contribution in [3.63, 3.8) is 0 Å². The molecular weight excluding hydrogens is 356 g/mol. The molecule has 1 amide bonds. The summed E-state index contributed by atoms with van der Waals surface area (Å²) in [4.78, 5) is 28.3. The van der Waals surface area contributed by atoms with Crippen LogP contribution in [-0.4, -0.2) is 22.0 Å². The summed E-state index contributed by atoms with van der Waals surface area (Å²) in [6.45, 7) is 0. The molecule has 0 atom stereocenters. The Morgan fingerprint density at radius 1 is 1.11 bits per heavy atom. The van der Waals surface area contributed by atoms with Crippen LogP contribution >= 0.6 is 0 Å². The van der Waals surface area contributed by atoms with Crippen molar-refractivity contribution in [2.75, 3.05) is 0 Å². The van der Waals surface area contributed by atoms with Crippen molar-refractivity contribution in [1.29, 1.82) is 0 Å². The Balaban J connectivity index is 1.67. The normalized spacial score (nSPS) is 13.4. The zero-order chi connectivity index (χ0) is 19.5. The second-order valence-corrected chi connectivity index (χ2v) is 6.65. The number of carbonyl (C=O) groups excluding carboxylic acids is 1. The number of para-hydroxylation sites is 2. The van der Waals surface area contributed by atoms with Crippen molar-refractivity contribution in [2.24, 2.45) is 5.10 Å². The maximum atomic E-state index is 13.0. The first-order valence-electron chi connectivity index (χ1n) is 9.12. The molecule has 2 aromatic carbocycles. The predicted octanol–water partition coefficient (Wildman–Crippen LogP) is 3.79. The van der Waals surface area contributed by atoms with Crippen LogP contribution in [-0.2, 0) is 12.8 Å². The lowest BCUT2D eigenvalue weighted by Crippen LogP contribution is -2.22. The Hall–Kier alpha value is -3.61. The van der Waals surface area contributed by atoms with Crippen LogP contribution in [0.2, 0.25) is 0 Å². The van der Waals surface area contributed by atoms with E-state index < -0.39 is 4.92 Å². The van der Waals surface area contributed by atoms with Crippen molar-refractivity contribution < 1.29 is 9.72 Å². The largest absolute Gasteiger partial charge is 0.278 e. The highest BCUT2D eigenvalue weighted by Gasteiger charge is 2.22. The van der Waals surface area contributed by atoms with Gasteiger partial charge in [0.05, 0.1) is 27.8 Å². The monoisotopic (exact) mass is 374 g/mol. The summed E-state index contributed by atoms with van der Waals surface area (Å²) >= 11 is 0. The van der Waals surface area contributed by atoms with E-state index in [-0.39, 0.29) is 11.6 Å². The van der Waals surface area contributed by atoms with Gasteiger partial charge in [-0.15, -0.1) is 0 Å². The minimum Gasteiger partial charge on any atom is -0.267 e. The van der Waals surface area contributed by atoms with Gasteiger partial charge in [0.1, 0.15) is 0 Å². The fraction of sp³-hybridized carbons (Fsp3) is 0.190. The Kier molecular flexibility index (Phi) is 4.80. The van der Waals surface area contributed by atoms with E-state index in [9.17, 15) is 14.9 Å². The van der Waals surface area contributed by atoms with Gasteiger partial charge in [-0.1, -0.05) is 30.3 Å². The average Bonchev–Trinajstić information content (AvgIpc) is 2.72. The number of fused-ring (bicyclic) bond motifs is 2. The van der Waals surface area contributed by atoms with E-state index in [1.165, 1.54) is 12.3 Å². The van der Waals surface area contributed by atoms with Crippen LogP contribution in [0.15, 0.2) is 53.6 Å². The number of hydrogen-bond acceptors (Lipinski definition) is 5. The topological polar surface area (TPSA) is 97.5 Å². The number of carbonyl (C=O) groups is 1. The van der Waals surface area contributed by atoms with Crippen LogP contribution in [0, 0.1) is 10.1 Å². The molecule has 140 valence electrons. The highest BCUT2D eigenvalue weighted by Crippen LogP contribution is 2.29. The van der Waals surface area contributed by atoms with Gasteiger partial charge in [0, 0.05) is 17.1 Å². The van der Waals surface area contributed by atoms with E-state index in [2.05, 4.69) is 10.5 Å². The molecule has 0 radical (unpaired) electrons. The van der Waals surface area contributed by atoms with Crippen LogP contribution in [0.3, 0.4) is 0 Å². The molecule has 0 fully saturated rings. The summed E-state index contributed by atoms with van der Waals surface area (Å²) in [5, 5.41) is 15.9. The van der Waals surface area contributed by atoms with Gasteiger partial charge in [-0.2, -0.15) is 5.10 Å². The molecule has 1 aliphatic carbocycles. The van der Waals surface area contributed by atoms with Gasteiger partial charge >= 0.3 is 0 Å². The van der Waals surface area contributed by atoms with Crippen LogP contribution in [0.25, 0.3) is 10.9 Å². The molecule has 0 bridgehead atoms. The lowest BCUT2D eigenvalue weighted by atomic mass is 9.89. The molecule has 0 aliphatic heterocycles. The zero-order valence-electron chi connectivity index (χ0n) is 15.1. The summed E-state index contributed by atoms with van der Waals surface area (Å²) in [5.41, 5.74) is 6.13. The molecule has 1 aliphatic rings. The van der Waals surface area contributed by atoms with Gasteiger partial charge in [-0.25, -0.2) is 5.43 Å². The number of aromatic nitrogens is 1. The molecule has 0 saturated carbocycles. The van der Waals surface area contributed by atoms with Gasteiger partial charge in [-0.05, 0) is 43.4 Å². The summed E-state index contributed by atoms with van der Waals surface area (Å²) < 4.78 is 0. The van der Waals surface area contributed by atoms with E-state index in [1.807, 2.05) is 24.3 Å². The first kappa shape index (κ1) is 17.8. The van der Waals surface area contributed by atoms with Crippen molar-refractivity contribution >= 4 is 28.7 Å². The number of aryl methyl sites for hydroxylation is 1. The summed E-state index contributed by atoms with van der Waals surface area (Å²) in [5.74, 6) is -0.327. The van der Waals surface area contributed by atoms with Gasteiger partial charge in [0.2, 0.25) is 0 Å². The smallest absolute Gasteiger partial charge is 0.267 e. The molecule has 4 rings (SSSR count). The lowest BCUT2D eigenvalue weighted by molar-refractivity contribution is -0.385. The Morgan fingerprint density at radius 2 is 1.86 bits per heavy atom. The van der Waals surface area contributed by atoms with E-state index in [0.717, 1.165) is 47.8 Å². The second kappa shape index (κ2) is 7.56. The molecule has 3 aromatic rings. The Morgan fingerprint density at radius 3 is 2.71 bits per heavy atom. The summed E-state index contributed by atoms with van der Waals surface area (Å²) in [6, 6.07) is 13.8. The lowest BCUT2D eigenvalue weighted by Gasteiger charge is -2.19. The number of pyridine rings is 1. The number of nitro benzene ring substituents is 1. The second-order valence-electron chi connectivity index (χ2n) is 6.65. The number of benzene rings is 2. The van der Waals surface area contributed by atoms with E-state index >= 15 is 0 Å². The Labute approximate surface area is 161 Å². The fourth-order valence-electron chi connectivity index (χ4n) is 3.61. The number of nitrogens with zero attached hydrogens (tertiary/aromatic N) is 3. The number of hydrogen-bond donors (Lipinski definition) is 1. The minimum atomic E-state index is -0.476. The summed E-state index contributed by atoms with van der Waals surface area (Å²) in [6.07, 6.45) is 5.05. The quantitative estimate of drug-likeness (QED) is 0.427. The molecule has 1 heterocycles. The Bertz CT molecular complexity index is 1110. The van der Waals surface area contributed by atoms with E-state index in [0.29, 0.717) is 11.1 Å². The molecule has 7 nitrogen and oxygen atoms in total. The molecule has 0 saturated heterocycles. The molecule has 0 unspecified atom stereocenters. The summed E-state index contributed by atoms with van der Waals surface area (Å²) in [7, 11) is 0. The van der Waals surface area contributed by atoms with Gasteiger partial charge in [-0.3, -0.25) is 19.9 Å². The molecule has 0 spiro atoms. The average molecular weight is 374 g/mol. The SMILES string of the molecule is O=C(NN=Cc1ccccc1[N+](=O)[O-])c1c2c(nc3ccccc13)CCCC2. The minimum absolute atomic E-state index is 0.0627. The number of rotatable bonds is 4. The third-order valence-electron chi connectivity index (χ3n) is 4.90. The third kappa shape index (κ3) is 3.34. The third-order valence-corrected chi connectivity index (χ3v) is 4.90. The number of hydrazone groups is 1. The van der Waals surface area contributed by atoms with Crippen LogP contribution in [0.4, 0.5) is 5.69 Å². The zero-order valence-corrected chi connectivity index (χ0v) is 15.1. The molecule has 1 N–H and O–H groups in total. The highest BCUT2D eigenvalue weighted by atomic mass is 16.6. The number of nitrogens with one attached hydrogen (secondary N) is 1. The van der Waals surface area contributed by atoms with Crippen LogP contribution < -0.4 is 5.43 Å². The van der Waals surface area contributed by atoms with Crippen molar-refractivity contribution in [2.45, 2.75) is 25.7 Å². The predicted molar refractivity (Wildman–Crippen MR) is 107 cm³/mol. The van der Waals surface area contributed by atoms with Crippen molar-refractivity contribution in [3.05, 3.63) is 81.0 Å². The molecule has 28 heavy (non-hydrogen) atoms. The maximum Gasteiger partial charge on any atom is 0.278 e. The molecular formula is C21H18N4O3. The number of nitro groups is 1. The van der Waals surface area contributed by atoms with E-state index in [1.54, 1.807) is 18.2 Å². The van der Waals surface area contributed by atoms with E-state index in [4.69, 9.17) is 4.98 Å². The van der Waals surface area contributed by atoms with Crippen molar-refractivity contribution in [1.82, 2.24) is 10.4 Å². The highest BCUT2D eigenvalue weighted by molar-refractivity contribution is 6.08. The molecule has 1 aromatic heterocycles. The fourth-order valence-corrected chi connectivity index (χ4v) is 3.61.